The highest BCUT2D eigenvalue weighted by atomic mass is 35.5. The minimum Gasteiger partial charge on any atom is -0.506 e. The lowest BCUT2D eigenvalue weighted by Gasteiger charge is -2.12. The van der Waals surface area contributed by atoms with Crippen LogP contribution in [0.1, 0.15) is 21.5 Å². The first-order valence-electron chi connectivity index (χ1n) is 9.83. The van der Waals surface area contributed by atoms with Crippen molar-refractivity contribution in [3.8, 4) is 11.5 Å². The Hall–Kier alpha value is -3.97. The quantitative estimate of drug-likeness (QED) is 0.278. The number of benzene rings is 4. The normalized spacial score (nSPS) is 11.1. The summed E-state index contributed by atoms with van der Waals surface area (Å²) in [5.74, 6) is -1.51. The molecule has 8 heteroatoms. The topological polar surface area (TPSA) is 70.9 Å². The molecule has 0 aromatic heterocycles. The Morgan fingerprint density at radius 1 is 1.00 bits per heavy atom. The van der Waals surface area contributed by atoms with E-state index in [0.29, 0.717) is 11.3 Å². The lowest BCUT2D eigenvalue weighted by molar-refractivity contribution is 0.0955. The molecule has 2 N–H and O–H groups in total. The lowest BCUT2D eigenvalue weighted by atomic mass is 10.0. The SMILES string of the molecule is O=C(NN=Cc1ccc(OCc2c(F)cccc2F)c2ccccc12)c1ccc(O)c(Cl)c1. The zero-order valence-electron chi connectivity index (χ0n) is 17.1. The maximum Gasteiger partial charge on any atom is 0.271 e. The summed E-state index contributed by atoms with van der Waals surface area (Å²) < 4.78 is 33.5. The van der Waals surface area contributed by atoms with Crippen molar-refractivity contribution in [2.24, 2.45) is 5.10 Å². The molecule has 0 radical (unpaired) electrons. The van der Waals surface area contributed by atoms with E-state index in [1.54, 1.807) is 12.1 Å². The highest BCUT2D eigenvalue weighted by Crippen LogP contribution is 2.29. The zero-order chi connectivity index (χ0) is 23.4. The van der Waals surface area contributed by atoms with Gasteiger partial charge in [-0.15, -0.1) is 0 Å². The fraction of sp³-hybridized carbons (Fsp3) is 0.0400. The van der Waals surface area contributed by atoms with E-state index < -0.39 is 17.5 Å². The number of nitrogens with one attached hydrogen (secondary N) is 1. The molecule has 0 bridgehead atoms. The van der Waals surface area contributed by atoms with E-state index >= 15 is 0 Å². The van der Waals surface area contributed by atoms with Crippen LogP contribution in [0.3, 0.4) is 0 Å². The number of carbonyl (C=O) groups is 1. The van der Waals surface area contributed by atoms with Crippen LogP contribution in [0.25, 0.3) is 10.8 Å². The highest BCUT2D eigenvalue weighted by Gasteiger charge is 2.12. The Morgan fingerprint density at radius 2 is 1.73 bits per heavy atom. The van der Waals surface area contributed by atoms with E-state index in [1.807, 2.05) is 24.3 Å². The molecule has 166 valence electrons. The van der Waals surface area contributed by atoms with Crippen LogP contribution in [-0.4, -0.2) is 17.2 Å². The van der Waals surface area contributed by atoms with Crippen molar-refractivity contribution in [2.75, 3.05) is 0 Å². The standard InChI is InChI=1S/C25H17ClF2N2O3/c26-20-12-15(8-10-23(20)31)25(32)30-29-13-16-9-11-24(18-5-2-1-4-17(16)18)33-14-19-21(27)6-3-7-22(19)28/h1-13,31H,14H2,(H,30,32). The third kappa shape index (κ3) is 4.94. The summed E-state index contributed by atoms with van der Waals surface area (Å²) in [6, 6.07) is 18.4. The molecule has 0 spiro atoms. The van der Waals surface area contributed by atoms with Crippen LogP contribution in [0.15, 0.2) is 77.9 Å². The Labute approximate surface area is 192 Å². The van der Waals surface area contributed by atoms with Gasteiger partial charge < -0.3 is 9.84 Å². The van der Waals surface area contributed by atoms with Crippen molar-refractivity contribution in [2.45, 2.75) is 6.61 Å². The van der Waals surface area contributed by atoms with Crippen molar-refractivity contribution in [1.29, 1.82) is 0 Å². The third-order valence-corrected chi connectivity index (χ3v) is 5.23. The van der Waals surface area contributed by atoms with Gasteiger partial charge in [0.05, 0.1) is 16.8 Å². The number of fused-ring (bicyclic) bond motifs is 1. The molecular weight excluding hydrogens is 450 g/mol. The molecule has 0 aliphatic rings. The average molecular weight is 467 g/mol. The Bertz CT molecular complexity index is 1360. The molecule has 0 atom stereocenters. The van der Waals surface area contributed by atoms with Crippen LogP contribution < -0.4 is 10.2 Å². The molecule has 0 aliphatic heterocycles. The summed E-state index contributed by atoms with van der Waals surface area (Å²) in [5.41, 5.74) is 3.19. The smallest absolute Gasteiger partial charge is 0.271 e. The number of hydrazone groups is 1. The number of ether oxygens (including phenoxy) is 1. The van der Waals surface area contributed by atoms with Gasteiger partial charge in [-0.25, -0.2) is 14.2 Å². The van der Waals surface area contributed by atoms with Crippen molar-refractivity contribution in [1.82, 2.24) is 5.43 Å². The summed E-state index contributed by atoms with van der Waals surface area (Å²) in [4.78, 5) is 12.2. The number of amides is 1. The van der Waals surface area contributed by atoms with Crippen LogP contribution >= 0.6 is 11.6 Å². The van der Waals surface area contributed by atoms with Gasteiger partial charge >= 0.3 is 0 Å². The Balaban J connectivity index is 1.53. The number of hydrogen-bond donors (Lipinski definition) is 2. The van der Waals surface area contributed by atoms with Crippen LogP contribution in [0.4, 0.5) is 8.78 Å². The number of phenolic OH excluding ortho intramolecular Hbond substituents is 1. The van der Waals surface area contributed by atoms with Gasteiger partial charge in [-0.1, -0.05) is 41.9 Å². The second kappa shape index (κ2) is 9.67. The first-order chi connectivity index (χ1) is 15.9. The van der Waals surface area contributed by atoms with E-state index in [0.717, 1.165) is 10.8 Å². The number of carbonyl (C=O) groups excluding carboxylic acids is 1. The van der Waals surface area contributed by atoms with Gasteiger partial charge in [0.2, 0.25) is 0 Å². The molecule has 0 saturated heterocycles. The molecule has 4 aromatic carbocycles. The summed E-state index contributed by atoms with van der Waals surface area (Å²) in [5, 5.41) is 15.0. The molecule has 1 amide bonds. The van der Waals surface area contributed by atoms with E-state index in [2.05, 4.69) is 10.5 Å². The van der Waals surface area contributed by atoms with E-state index in [1.165, 1.54) is 42.6 Å². The molecule has 0 saturated carbocycles. The van der Waals surface area contributed by atoms with Gasteiger partial charge in [0.1, 0.15) is 29.7 Å². The van der Waals surface area contributed by atoms with E-state index in [9.17, 15) is 18.7 Å². The fourth-order valence-corrected chi connectivity index (χ4v) is 3.41. The van der Waals surface area contributed by atoms with Crippen molar-refractivity contribution in [3.63, 3.8) is 0 Å². The molecule has 4 aromatic rings. The monoisotopic (exact) mass is 466 g/mol. The van der Waals surface area contributed by atoms with Crippen molar-refractivity contribution < 1.29 is 23.4 Å². The number of nitrogens with zero attached hydrogens (tertiary/aromatic N) is 1. The summed E-state index contributed by atoms with van der Waals surface area (Å²) in [6.45, 7) is -0.263. The van der Waals surface area contributed by atoms with Crippen molar-refractivity contribution in [3.05, 3.63) is 106 Å². The zero-order valence-corrected chi connectivity index (χ0v) is 17.8. The molecular formula is C25H17ClF2N2O3. The predicted molar refractivity (Wildman–Crippen MR) is 123 cm³/mol. The number of rotatable bonds is 6. The summed E-state index contributed by atoms with van der Waals surface area (Å²) in [6.07, 6.45) is 1.47. The van der Waals surface area contributed by atoms with E-state index in [4.69, 9.17) is 16.3 Å². The lowest BCUT2D eigenvalue weighted by Crippen LogP contribution is -2.17. The van der Waals surface area contributed by atoms with Gasteiger partial charge in [0.15, 0.2) is 0 Å². The predicted octanol–water partition coefficient (Wildman–Crippen LogP) is 5.82. The second-order valence-corrected chi connectivity index (χ2v) is 7.46. The number of aromatic hydroxyl groups is 1. The summed E-state index contributed by atoms with van der Waals surface area (Å²) in [7, 11) is 0. The molecule has 0 fully saturated rings. The van der Waals surface area contributed by atoms with Crippen LogP contribution in [0.5, 0.6) is 11.5 Å². The van der Waals surface area contributed by atoms with E-state index in [-0.39, 0.29) is 28.5 Å². The molecule has 4 rings (SSSR count). The molecule has 33 heavy (non-hydrogen) atoms. The molecule has 5 nitrogen and oxygen atoms in total. The largest absolute Gasteiger partial charge is 0.506 e. The average Bonchev–Trinajstić information content (AvgIpc) is 2.81. The number of phenols is 1. The summed E-state index contributed by atoms with van der Waals surface area (Å²) >= 11 is 5.83. The maximum absolute atomic E-state index is 13.9. The first kappa shape index (κ1) is 22.2. The minimum absolute atomic E-state index is 0.0588. The number of halogens is 3. The second-order valence-electron chi connectivity index (χ2n) is 7.05. The third-order valence-electron chi connectivity index (χ3n) is 4.93. The van der Waals surface area contributed by atoms with Gasteiger partial charge in [0.25, 0.3) is 5.91 Å². The van der Waals surface area contributed by atoms with Gasteiger partial charge in [0, 0.05) is 16.5 Å². The van der Waals surface area contributed by atoms with Gasteiger partial charge in [-0.2, -0.15) is 5.10 Å². The van der Waals surface area contributed by atoms with Gasteiger partial charge in [-0.3, -0.25) is 4.79 Å². The Morgan fingerprint density at radius 3 is 2.45 bits per heavy atom. The van der Waals surface area contributed by atoms with Crippen LogP contribution in [0, 0.1) is 11.6 Å². The number of hydrogen-bond acceptors (Lipinski definition) is 4. The van der Waals surface area contributed by atoms with Crippen LogP contribution in [-0.2, 0) is 6.61 Å². The first-order valence-corrected chi connectivity index (χ1v) is 10.2. The van der Waals surface area contributed by atoms with Crippen molar-refractivity contribution >= 4 is 34.5 Å². The highest BCUT2D eigenvalue weighted by molar-refractivity contribution is 6.32. The molecule has 0 aliphatic carbocycles. The van der Waals surface area contributed by atoms with Crippen LogP contribution in [0.2, 0.25) is 5.02 Å². The molecule has 0 unspecified atom stereocenters. The van der Waals surface area contributed by atoms with Gasteiger partial charge in [-0.05, 0) is 47.9 Å². The molecule has 0 heterocycles. The fourth-order valence-electron chi connectivity index (χ4n) is 3.23. The maximum atomic E-state index is 13.9. The Kier molecular flexibility index (Phi) is 6.51. The minimum atomic E-state index is -0.672.